The van der Waals surface area contributed by atoms with Gasteiger partial charge in [-0.15, -0.1) is 0 Å². The molecule has 0 amide bonds. The third-order valence-electron chi connectivity index (χ3n) is 9.49. The van der Waals surface area contributed by atoms with Gasteiger partial charge in [0.15, 0.2) is 5.78 Å². The molecule has 0 radical (unpaired) electrons. The van der Waals surface area contributed by atoms with Crippen LogP contribution in [0.3, 0.4) is 0 Å². The van der Waals surface area contributed by atoms with Crippen LogP contribution in [0, 0.1) is 22.0 Å². The van der Waals surface area contributed by atoms with Crippen molar-refractivity contribution in [3.63, 3.8) is 0 Å². The van der Waals surface area contributed by atoms with Gasteiger partial charge in [-0.2, -0.15) is 22.0 Å². The van der Waals surface area contributed by atoms with Gasteiger partial charge in [-0.05, 0) is 85.3 Å². The minimum absolute atomic E-state index is 0.0209. The van der Waals surface area contributed by atoms with Crippen LogP contribution in [0.4, 0.5) is 22.0 Å². The van der Waals surface area contributed by atoms with E-state index in [0.29, 0.717) is 36.1 Å². The number of benzene rings is 1. The Morgan fingerprint density at radius 1 is 1.05 bits per heavy atom. The molecular weight excluding hydrogens is 513 g/mol. The number of hydrogen-bond acceptors (Lipinski definition) is 4. The normalized spacial score (nSPS) is 35.8. The predicted molar refractivity (Wildman–Crippen MR) is 128 cm³/mol. The SMILES string of the molecule is CC12C[C@H](c3ccc(S(C)(=N)=O)cc3)C3=C4CCC(=O)C=C4CCC3C1CC[C@@]2(O)C(F)(F)C(F)(F)F. The van der Waals surface area contributed by atoms with E-state index in [4.69, 9.17) is 4.78 Å². The summed E-state index contributed by atoms with van der Waals surface area (Å²) in [5.74, 6) is -6.68. The number of rotatable bonds is 3. The molecule has 0 bridgehead atoms. The predicted octanol–water partition coefficient (Wildman–Crippen LogP) is 6.55. The molecular formula is C27H30F5NO3S. The van der Waals surface area contributed by atoms with Crippen LogP contribution in [0.2, 0.25) is 0 Å². The largest absolute Gasteiger partial charge is 0.456 e. The standard InChI is InChI=1S/C27H30F5NO3S/c1-24-14-21(15-3-7-18(8-4-15)37(2,33)36)23-19-10-6-17(34)13-16(19)5-9-20(23)22(24)11-12-25(24,35)26(28,29)27(30,31)32/h3-4,7-8,13,20-22,33,35H,5-6,9-12,14H2,1-2H3/t20?,21-,22?,24?,25+,37?/m1/s1. The lowest BCUT2D eigenvalue weighted by molar-refractivity contribution is -0.362. The molecule has 4 nitrogen and oxygen atoms in total. The summed E-state index contributed by atoms with van der Waals surface area (Å²) in [6.07, 6.45) is -1.83. The number of nitrogens with one attached hydrogen (secondary N) is 1. The number of ketones is 1. The Morgan fingerprint density at radius 3 is 2.30 bits per heavy atom. The number of allylic oxidation sites excluding steroid dienone is 4. The second kappa shape index (κ2) is 8.21. The van der Waals surface area contributed by atoms with Crippen molar-refractivity contribution in [3.8, 4) is 0 Å². The minimum atomic E-state index is -5.89. The summed E-state index contributed by atoms with van der Waals surface area (Å²) >= 11 is 0. The average Bonchev–Trinajstić information content (AvgIpc) is 3.09. The summed E-state index contributed by atoms with van der Waals surface area (Å²) in [5.41, 5.74) is -1.45. The third-order valence-corrected chi connectivity index (χ3v) is 10.7. The summed E-state index contributed by atoms with van der Waals surface area (Å²) in [6, 6.07) is 6.39. The molecule has 6 atom stereocenters. The van der Waals surface area contributed by atoms with Gasteiger partial charge >= 0.3 is 12.1 Å². The molecule has 4 unspecified atom stereocenters. The smallest absolute Gasteiger partial charge is 0.383 e. The molecule has 0 aromatic heterocycles. The van der Waals surface area contributed by atoms with Gasteiger partial charge in [-0.3, -0.25) is 4.79 Å². The Kier molecular flexibility index (Phi) is 5.89. The molecule has 202 valence electrons. The fourth-order valence-electron chi connectivity index (χ4n) is 7.67. The Labute approximate surface area is 213 Å². The highest BCUT2D eigenvalue weighted by molar-refractivity contribution is 7.91. The zero-order valence-corrected chi connectivity index (χ0v) is 21.4. The second-order valence-corrected chi connectivity index (χ2v) is 13.5. The van der Waals surface area contributed by atoms with Crippen molar-refractivity contribution in [2.45, 2.75) is 80.4 Å². The van der Waals surface area contributed by atoms with E-state index >= 15 is 0 Å². The Balaban J connectivity index is 1.69. The molecule has 1 aromatic carbocycles. The molecule has 4 aliphatic rings. The van der Waals surface area contributed by atoms with Crippen LogP contribution in [-0.2, 0) is 14.5 Å². The van der Waals surface area contributed by atoms with Gasteiger partial charge in [0.05, 0.1) is 9.73 Å². The highest BCUT2D eigenvalue weighted by Gasteiger charge is 2.79. The van der Waals surface area contributed by atoms with Gasteiger partial charge in [-0.25, -0.2) is 8.99 Å². The number of carbonyl (C=O) groups excluding carboxylic acids is 1. The molecule has 2 N–H and O–H groups in total. The van der Waals surface area contributed by atoms with Crippen molar-refractivity contribution in [2.75, 3.05) is 6.26 Å². The first-order valence-electron chi connectivity index (χ1n) is 12.5. The highest BCUT2D eigenvalue weighted by Crippen LogP contribution is 2.70. The van der Waals surface area contributed by atoms with Crippen molar-refractivity contribution >= 4 is 15.5 Å². The van der Waals surface area contributed by atoms with E-state index in [9.17, 15) is 36.1 Å². The minimum Gasteiger partial charge on any atom is -0.383 e. The third kappa shape index (κ3) is 3.76. The van der Waals surface area contributed by atoms with Gasteiger partial charge in [0.25, 0.3) is 0 Å². The molecule has 10 heteroatoms. The fraction of sp³-hybridized carbons (Fsp3) is 0.593. The molecule has 2 saturated carbocycles. The van der Waals surface area contributed by atoms with Crippen molar-refractivity contribution in [1.82, 2.24) is 0 Å². The van der Waals surface area contributed by atoms with E-state index in [0.717, 1.165) is 16.7 Å². The maximum Gasteiger partial charge on any atom is 0.456 e. The summed E-state index contributed by atoms with van der Waals surface area (Å²) in [7, 11) is -3.00. The Hall–Kier alpha value is -2.07. The van der Waals surface area contributed by atoms with Crippen molar-refractivity contribution in [2.24, 2.45) is 17.3 Å². The molecule has 4 aliphatic carbocycles. The summed E-state index contributed by atoms with van der Waals surface area (Å²) in [4.78, 5) is 12.4. The zero-order valence-electron chi connectivity index (χ0n) is 20.6. The number of alkyl halides is 5. The van der Waals surface area contributed by atoms with Crippen LogP contribution in [0.5, 0.6) is 0 Å². The van der Waals surface area contributed by atoms with E-state index in [1.807, 2.05) is 0 Å². The number of fused-ring (bicyclic) bond motifs is 4. The van der Waals surface area contributed by atoms with Crippen molar-refractivity contribution in [1.29, 1.82) is 4.78 Å². The van der Waals surface area contributed by atoms with E-state index in [1.54, 1.807) is 18.2 Å². The number of halogens is 5. The van der Waals surface area contributed by atoms with Crippen LogP contribution in [0.15, 0.2) is 52.0 Å². The second-order valence-electron chi connectivity index (χ2n) is 11.4. The van der Waals surface area contributed by atoms with Crippen LogP contribution in [0.25, 0.3) is 0 Å². The van der Waals surface area contributed by atoms with Crippen LogP contribution in [0.1, 0.15) is 63.4 Å². The molecule has 5 rings (SSSR count). The number of aliphatic hydroxyl groups is 1. The Morgan fingerprint density at radius 2 is 1.70 bits per heavy atom. The van der Waals surface area contributed by atoms with Gasteiger partial charge in [-0.1, -0.05) is 24.6 Å². The number of hydrogen-bond donors (Lipinski definition) is 2. The van der Waals surface area contributed by atoms with E-state index in [-0.39, 0.29) is 24.5 Å². The van der Waals surface area contributed by atoms with Gasteiger partial charge in [0, 0.05) is 28.9 Å². The lowest BCUT2D eigenvalue weighted by Gasteiger charge is -2.56. The molecule has 1 aromatic rings. The molecule has 0 spiro atoms. The highest BCUT2D eigenvalue weighted by atomic mass is 32.2. The average molecular weight is 544 g/mol. The first kappa shape index (κ1) is 26.5. The molecule has 0 aliphatic heterocycles. The van der Waals surface area contributed by atoms with Crippen LogP contribution >= 0.6 is 0 Å². The lowest BCUT2D eigenvalue weighted by atomic mass is 9.50. The van der Waals surface area contributed by atoms with Crippen molar-refractivity contribution < 1.29 is 36.1 Å². The summed E-state index contributed by atoms with van der Waals surface area (Å²) < 4.78 is 90.9. The summed E-state index contributed by atoms with van der Waals surface area (Å²) in [6.45, 7) is 1.38. The maximum absolute atomic E-state index is 15.0. The quantitative estimate of drug-likeness (QED) is 0.425. The first-order valence-corrected chi connectivity index (χ1v) is 14.5. The first-order chi connectivity index (χ1) is 17.0. The Bertz CT molecular complexity index is 1310. The van der Waals surface area contributed by atoms with Crippen molar-refractivity contribution in [3.05, 3.63) is 52.6 Å². The molecule has 0 saturated heterocycles. The van der Waals surface area contributed by atoms with Gasteiger partial charge < -0.3 is 5.11 Å². The topological polar surface area (TPSA) is 78.2 Å². The van der Waals surface area contributed by atoms with E-state index in [2.05, 4.69) is 0 Å². The van der Waals surface area contributed by atoms with Crippen LogP contribution < -0.4 is 0 Å². The maximum atomic E-state index is 15.0. The van der Waals surface area contributed by atoms with Crippen LogP contribution in [-0.4, -0.2) is 39.1 Å². The fourth-order valence-corrected chi connectivity index (χ4v) is 8.33. The molecule has 0 heterocycles. The van der Waals surface area contributed by atoms with Gasteiger partial charge in [0.1, 0.15) is 5.60 Å². The van der Waals surface area contributed by atoms with E-state index in [1.165, 1.54) is 25.3 Å². The van der Waals surface area contributed by atoms with Gasteiger partial charge in [0.2, 0.25) is 0 Å². The monoisotopic (exact) mass is 543 g/mol. The number of carbonyl (C=O) groups is 1. The molecule has 37 heavy (non-hydrogen) atoms. The zero-order chi connectivity index (χ0) is 27.2. The molecule has 2 fully saturated rings. The lowest BCUT2D eigenvalue weighted by Crippen LogP contribution is -2.65. The summed E-state index contributed by atoms with van der Waals surface area (Å²) in [5, 5.41) is 11.3. The van der Waals surface area contributed by atoms with E-state index < -0.39 is 51.1 Å².